The standard InChI is InChI=1S/C15H19N3O3/c1-16-12-4-2-3-11(14(12)18(20)21)15(19)17-13-8-9-5-6-10(13)7-9/h2-4,9-10,13,16H,5-8H2,1H3,(H,17,19). The van der Waals surface area contributed by atoms with Crippen molar-refractivity contribution in [3.63, 3.8) is 0 Å². The van der Waals surface area contributed by atoms with E-state index in [-0.39, 0.29) is 23.2 Å². The predicted octanol–water partition coefficient (Wildman–Crippen LogP) is 2.55. The van der Waals surface area contributed by atoms with E-state index in [1.54, 1.807) is 19.2 Å². The molecule has 0 radical (unpaired) electrons. The molecule has 1 aromatic rings. The van der Waals surface area contributed by atoms with Crippen LogP contribution in [0.3, 0.4) is 0 Å². The molecule has 21 heavy (non-hydrogen) atoms. The molecule has 2 fully saturated rings. The third kappa shape index (κ3) is 2.46. The lowest BCUT2D eigenvalue weighted by Crippen LogP contribution is -2.38. The summed E-state index contributed by atoms with van der Waals surface area (Å²) in [6.07, 6.45) is 4.61. The highest BCUT2D eigenvalue weighted by Gasteiger charge is 2.40. The molecule has 6 heteroatoms. The Hall–Kier alpha value is -2.11. The first-order valence-corrected chi connectivity index (χ1v) is 7.36. The van der Waals surface area contributed by atoms with Crippen LogP contribution in [0.25, 0.3) is 0 Å². The molecular weight excluding hydrogens is 270 g/mol. The second-order valence-corrected chi connectivity index (χ2v) is 5.96. The zero-order valence-electron chi connectivity index (χ0n) is 12.0. The average Bonchev–Trinajstić information content (AvgIpc) is 3.08. The number of carbonyl (C=O) groups excluding carboxylic acids is 1. The predicted molar refractivity (Wildman–Crippen MR) is 79.3 cm³/mol. The normalized spacial score (nSPS) is 26.6. The van der Waals surface area contributed by atoms with Crippen molar-refractivity contribution in [1.82, 2.24) is 5.32 Å². The Morgan fingerprint density at radius 1 is 1.33 bits per heavy atom. The summed E-state index contributed by atoms with van der Waals surface area (Å²) in [4.78, 5) is 23.2. The lowest BCUT2D eigenvalue weighted by Gasteiger charge is -2.23. The fraction of sp³-hybridized carbons (Fsp3) is 0.533. The van der Waals surface area contributed by atoms with Crippen LogP contribution in [-0.4, -0.2) is 23.9 Å². The SMILES string of the molecule is CNc1cccc(C(=O)NC2CC3CCC2C3)c1[N+](=O)[O-]. The summed E-state index contributed by atoms with van der Waals surface area (Å²) in [7, 11) is 1.61. The maximum absolute atomic E-state index is 12.4. The molecule has 2 N–H and O–H groups in total. The molecule has 6 nitrogen and oxygen atoms in total. The largest absolute Gasteiger partial charge is 0.383 e. The van der Waals surface area contributed by atoms with Crippen molar-refractivity contribution < 1.29 is 9.72 Å². The number of fused-ring (bicyclic) bond motifs is 2. The van der Waals surface area contributed by atoms with Crippen LogP contribution in [0.5, 0.6) is 0 Å². The number of amides is 1. The first kappa shape index (κ1) is 13.9. The monoisotopic (exact) mass is 289 g/mol. The van der Waals surface area contributed by atoms with Gasteiger partial charge in [-0.05, 0) is 43.2 Å². The number of hydrogen-bond acceptors (Lipinski definition) is 4. The summed E-state index contributed by atoms with van der Waals surface area (Å²) >= 11 is 0. The number of nitrogens with zero attached hydrogens (tertiary/aromatic N) is 1. The lowest BCUT2D eigenvalue weighted by atomic mass is 9.95. The third-order valence-electron chi connectivity index (χ3n) is 4.79. The van der Waals surface area contributed by atoms with Gasteiger partial charge in [-0.25, -0.2) is 0 Å². The van der Waals surface area contributed by atoms with E-state index in [9.17, 15) is 14.9 Å². The summed E-state index contributed by atoms with van der Waals surface area (Å²) in [5.74, 6) is 0.931. The van der Waals surface area contributed by atoms with Crippen LogP contribution in [0.1, 0.15) is 36.0 Å². The maximum atomic E-state index is 12.4. The van der Waals surface area contributed by atoms with Crippen LogP contribution in [0.2, 0.25) is 0 Å². The number of benzene rings is 1. The number of para-hydroxylation sites is 1. The van der Waals surface area contributed by atoms with Gasteiger partial charge in [0, 0.05) is 13.1 Å². The van der Waals surface area contributed by atoms with Gasteiger partial charge < -0.3 is 10.6 Å². The molecule has 2 aliphatic rings. The van der Waals surface area contributed by atoms with E-state index in [4.69, 9.17) is 0 Å². The Labute approximate surface area is 123 Å². The molecule has 2 saturated carbocycles. The number of nitro benzene ring substituents is 1. The smallest absolute Gasteiger partial charge is 0.305 e. The Bertz CT molecular complexity index is 588. The highest BCUT2D eigenvalue weighted by atomic mass is 16.6. The lowest BCUT2D eigenvalue weighted by molar-refractivity contribution is -0.384. The van der Waals surface area contributed by atoms with Gasteiger partial charge in [0.2, 0.25) is 0 Å². The van der Waals surface area contributed by atoms with E-state index in [0.29, 0.717) is 11.6 Å². The summed E-state index contributed by atoms with van der Waals surface area (Å²) in [5.41, 5.74) is 0.343. The number of hydrogen-bond donors (Lipinski definition) is 2. The van der Waals surface area contributed by atoms with Crippen molar-refractivity contribution >= 4 is 17.3 Å². The van der Waals surface area contributed by atoms with Gasteiger partial charge >= 0.3 is 5.69 Å². The van der Waals surface area contributed by atoms with Crippen LogP contribution < -0.4 is 10.6 Å². The Morgan fingerprint density at radius 2 is 2.14 bits per heavy atom. The van der Waals surface area contributed by atoms with Gasteiger partial charge in [0.1, 0.15) is 11.3 Å². The molecule has 0 spiro atoms. The van der Waals surface area contributed by atoms with E-state index in [1.165, 1.54) is 18.9 Å². The summed E-state index contributed by atoms with van der Waals surface area (Å²) in [6.45, 7) is 0. The first-order valence-electron chi connectivity index (χ1n) is 7.36. The number of anilines is 1. The van der Waals surface area contributed by atoms with Gasteiger partial charge in [-0.1, -0.05) is 12.5 Å². The third-order valence-corrected chi connectivity index (χ3v) is 4.79. The fourth-order valence-corrected chi connectivity index (χ4v) is 3.79. The Morgan fingerprint density at radius 3 is 2.71 bits per heavy atom. The number of rotatable bonds is 4. The minimum absolute atomic E-state index is 0.134. The van der Waals surface area contributed by atoms with Crippen LogP contribution in [0, 0.1) is 22.0 Å². The van der Waals surface area contributed by atoms with Crippen molar-refractivity contribution in [3.8, 4) is 0 Å². The molecule has 2 aliphatic carbocycles. The van der Waals surface area contributed by atoms with Gasteiger partial charge in [-0.15, -0.1) is 0 Å². The van der Waals surface area contributed by atoms with Crippen LogP contribution in [-0.2, 0) is 0 Å². The molecule has 1 aromatic carbocycles. The van der Waals surface area contributed by atoms with Gasteiger partial charge in [0.25, 0.3) is 5.91 Å². The van der Waals surface area contributed by atoms with E-state index < -0.39 is 4.92 Å². The summed E-state index contributed by atoms with van der Waals surface area (Å²) in [5, 5.41) is 17.0. The molecule has 3 unspecified atom stereocenters. The minimum atomic E-state index is -0.498. The Kier molecular flexibility index (Phi) is 3.53. The van der Waals surface area contributed by atoms with Crippen molar-refractivity contribution in [2.45, 2.75) is 31.7 Å². The zero-order chi connectivity index (χ0) is 15.0. The van der Waals surface area contributed by atoms with Crippen LogP contribution in [0.4, 0.5) is 11.4 Å². The van der Waals surface area contributed by atoms with E-state index in [2.05, 4.69) is 10.6 Å². The summed E-state index contributed by atoms with van der Waals surface area (Å²) < 4.78 is 0. The number of carbonyl (C=O) groups is 1. The number of nitrogens with one attached hydrogen (secondary N) is 2. The second-order valence-electron chi connectivity index (χ2n) is 5.96. The topological polar surface area (TPSA) is 84.3 Å². The highest BCUT2D eigenvalue weighted by molar-refractivity contribution is 6.00. The van der Waals surface area contributed by atoms with Crippen molar-refractivity contribution in [1.29, 1.82) is 0 Å². The quantitative estimate of drug-likeness (QED) is 0.659. The van der Waals surface area contributed by atoms with Crippen molar-refractivity contribution in [2.24, 2.45) is 11.8 Å². The zero-order valence-corrected chi connectivity index (χ0v) is 12.0. The van der Waals surface area contributed by atoms with Crippen molar-refractivity contribution in [2.75, 3.05) is 12.4 Å². The van der Waals surface area contributed by atoms with Crippen LogP contribution in [0.15, 0.2) is 18.2 Å². The molecule has 1 amide bonds. The summed E-state index contributed by atoms with van der Waals surface area (Å²) in [6, 6.07) is 4.96. The first-order chi connectivity index (χ1) is 10.1. The van der Waals surface area contributed by atoms with E-state index in [0.717, 1.165) is 18.8 Å². The second kappa shape index (κ2) is 5.35. The molecular formula is C15H19N3O3. The molecule has 112 valence electrons. The molecule has 0 aliphatic heterocycles. The van der Waals surface area contributed by atoms with Gasteiger partial charge in [-0.3, -0.25) is 14.9 Å². The molecule has 2 bridgehead atoms. The van der Waals surface area contributed by atoms with E-state index in [1.807, 2.05) is 0 Å². The van der Waals surface area contributed by atoms with Gasteiger partial charge in [-0.2, -0.15) is 0 Å². The minimum Gasteiger partial charge on any atom is -0.383 e. The van der Waals surface area contributed by atoms with Gasteiger partial charge in [0.05, 0.1) is 4.92 Å². The molecule has 3 atom stereocenters. The van der Waals surface area contributed by atoms with Gasteiger partial charge in [0.15, 0.2) is 0 Å². The molecule has 0 saturated heterocycles. The molecule has 0 aromatic heterocycles. The molecule has 0 heterocycles. The van der Waals surface area contributed by atoms with E-state index >= 15 is 0 Å². The maximum Gasteiger partial charge on any atom is 0.305 e. The van der Waals surface area contributed by atoms with Crippen molar-refractivity contribution in [3.05, 3.63) is 33.9 Å². The molecule has 3 rings (SSSR count). The number of nitro groups is 1. The van der Waals surface area contributed by atoms with Crippen LogP contribution >= 0.6 is 0 Å². The Balaban J connectivity index is 1.83. The highest BCUT2D eigenvalue weighted by Crippen LogP contribution is 2.44. The average molecular weight is 289 g/mol. The fourth-order valence-electron chi connectivity index (χ4n) is 3.79.